The monoisotopic (exact) mass is 442 g/mol. The smallest absolute Gasteiger partial charge is 0.247 e. The molecule has 2 rings (SSSR count). The van der Waals surface area contributed by atoms with Crippen LogP contribution in [0.1, 0.15) is 6.92 Å². The molecule has 0 aliphatic heterocycles. The molecule has 150 valence electrons. The van der Waals surface area contributed by atoms with E-state index in [2.05, 4.69) is 11.9 Å². The van der Waals surface area contributed by atoms with Gasteiger partial charge in [-0.1, -0.05) is 41.9 Å². The number of benzene rings is 2. The van der Waals surface area contributed by atoms with Gasteiger partial charge in [0.15, 0.2) is 0 Å². The predicted molar refractivity (Wildman–Crippen MR) is 114 cm³/mol. The third-order valence-corrected chi connectivity index (χ3v) is 5.34. The minimum absolute atomic E-state index is 0.200. The van der Waals surface area contributed by atoms with Crippen molar-refractivity contribution in [3.63, 3.8) is 0 Å². The Balaban J connectivity index is 2.28. The number of carbonyl (C=O) groups excluding carboxylic acids is 1. The highest BCUT2D eigenvalue weighted by atomic mass is 35.5. The molecule has 0 saturated heterocycles. The molecule has 28 heavy (non-hydrogen) atoms. The lowest BCUT2D eigenvalue weighted by Gasteiger charge is -2.28. The van der Waals surface area contributed by atoms with E-state index in [1.807, 2.05) is 0 Å². The number of hydrogen-bond donors (Lipinski definition) is 1. The maximum Gasteiger partial charge on any atom is 0.247 e. The highest BCUT2D eigenvalue weighted by Crippen LogP contribution is 2.29. The van der Waals surface area contributed by atoms with Crippen LogP contribution < -0.4 is 14.4 Å². The second-order valence-corrected chi connectivity index (χ2v) is 8.71. The number of rotatable bonds is 8. The van der Waals surface area contributed by atoms with Crippen molar-refractivity contribution in [1.29, 1.82) is 0 Å². The summed E-state index contributed by atoms with van der Waals surface area (Å²) in [6.45, 7) is 5.38. The third-order valence-electron chi connectivity index (χ3n) is 3.66. The van der Waals surface area contributed by atoms with Crippen molar-refractivity contribution in [3.8, 4) is 5.75 Å². The van der Waals surface area contributed by atoms with Gasteiger partial charge in [0, 0.05) is 21.8 Å². The molecule has 2 aromatic rings. The number of halogens is 2. The van der Waals surface area contributed by atoms with Gasteiger partial charge in [0.05, 0.1) is 11.9 Å². The Morgan fingerprint density at radius 1 is 1.25 bits per heavy atom. The van der Waals surface area contributed by atoms with E-state index in [0.29, 0.717) is 18.0 Å². The number of sulfonamides is 1. The molecular formula is C19H20Cl2N2O4S. The van der Waals surface area contributed by atoms with Crippen LogP contribution in [0.4, 0.5) is 11.4 Å². The van der Waals surface area contributed by atoms with Crippen LogP contribution >= 0.6 is 23.2 Å². The van der Waals surface area contributed by atoms with E-state index >= 15 is 0 Å². The number of nitrogens with one attached hydrogen (secondary N) is 1. The molecule has 0 aromatic heterocycles. The Morgan fingerprint density at radius 3 is 2.46 bits per heavy atom. The first-order valence-electron chi connectivity index (χ1n) is 8.22. The van der Waals surface area contributed by atoms with Crippen molar-refractivity contribution in [1.82, 2.24) is 0 Å². The molecular weight excluding hydrogens is 423 g/mol. The largest absolute Gasteiger partial charge is 0.489 e. The van der Waals surface area contributed by atoms with Crippen LogP contribution in [0.5, 0.6) is 5.75 Å². The Bertz CT molecular complexity index is 959. The lowest BCUT2D eigenvalue weighted by atomic mass is 10.2. The molecule has 1 atom stereocenters. The number of carbonyl (C=O) groups is 1. The standard InChI is InChI=1S/C19H20Cl2N2O4S/c1-4-8-27-18-7-5-6-16(12-18)22-19(24)13(2)23(28(3,25)26)17-10-14(20)9-15(21)11-17/h4-7,9-13H,1,8H2,2-3H3,(H,22,24)/t13-/m1/s1. The summed E-state index contributed by atoms with van der Waals surface area (Å²) in [5.74, 6) is 0.0225. The van der Waals surface area contributed by atoms with Crippen molar-refractivity contribution in [2.24, 2.45) is 0 Å². The summed E-state index contributed by atoms with van der Waals surface area (Å²) < 4.78 is 31.1. The van der Waals surface area contributed by atoms with Crippen LogP contribution in [-0.2, 0) is 14.8 Å². The van der Waals surface area contributed by atoms with Gasteiger partial charge in [0.1, 0.15) is 18.4 Å². The second-order valence-electron chi connectivity index (χ2n) is 5.98. The van der Waals surface area contributed by atoms with Crippen LogP contribution in [-0.4, -0.2) is 33.2 Å². The molecule has 0 aliphatic carbocycles. The topological polar surface area (TPSA) is 75.7 Å². The van der Waals surface area contributed by atoms with Crippen molar-refractivity contribution >= 4 is 50.5 Å². The molecule has 1 amide bonds. The number of amides is 1. The van der Waals surface area contributed by atoms with Crippen molar-refractivity contribution in [3.05, 3.63) is 65.2 Å². The molecule has 0 radical (unpaired) electrons. The lowest BCUT2D eigenvalue weighted by molar-refractivity contribution is -0.116. The maximum absolute atomic E-state index is 12.7. The number of hydrogen-bond acceptors (Lipinski definition) is 4. The third kappa shape index (κ3) is 5.89. The van der Waals surface area contributed by atoms with Crippen LogP contribution in [0.25, 0.3) is 0 Å². The van der Waals surface area contributed by atoms with Crippen LogP contribution in [0.15, 0.2) is 55.1 Å². The average molecular weight is 443 g/mol. The molecule has 0 saturated carbocycles. The second kappa shape index (κ2) is 9.32. The Labute approximate surface area is 174 Å². The molecule has 0 aliphatic rings. The summed E-state index contributed by atoms with van der Waals surface area (Å²) in [5.41, 5.74) is 0.668. The van der Waals surface area contributed by atoms with Gasteiger partial charge in [-0.25, -0.2) is 8.42 Å². The quantitative estimate of drug-likeness (QED) is 0.616. The SMILES string of the molecule is C=CCOc1cccc(NC(=O)[C@@H](C)N(c2cc(Cl)cc(Cl)c2)S(C)(=O)=O)c1. The number of nitrogens with zero attached hydrogens (tertiary/aromatic N) is 1. The zero-order valence-electron chi connectivity index (χ0n) is 15.4. The molecule has 9 heteroatoms. The summed E-state index contributed by atoms with van der Waals surface area (Å²) in [7, 11) is -3.79. The van der Waals surface area contributed by atoms with Crippen molar-refractivity contribution < 1.29 is 17.9 Å². The van der Waals surface area contributed by atoms with E-state index in [9.17, 15) is 13.2 Å². The van der Waals surface area contributed by atoms with Gasteiger partial charge in [0.2, 0.25) is 15.9 Å². The van der Waals surface area contributed by atoms with E-state index in [1.165, 1.54) is 25.1 Å². The van der Waals surface area contributed by atoms with Crippen LogP contribution in [0.3, 0.4) is 0 Å². The summed E-state index contributed by atoms with van der Waals surface area (Å²) >= 11 is 12.0. The molecule has 0 spiro atoms. The Morgan fingerprint density at radius 2 is 1.89 bits per heavy atom. The van der Waals surface area contributed by atoms with E-state index in [0.717, 1.165) is 10.6 Å². The minimum atomic E-state index is -3.79. The first-order valence-corrected chi connectivity index (χ1v) is 10.8. The first-order chi connectivity index (χ1) is 13.1. The van der Waals surface area contributed by atoms with E-state index in [-0.39, 0.29) is 15.7 Å². The summed E-state index contributed by atoms with van der Waals surface area (Å²) in [6, 6.07) is 10.0. The highest BCUT2D eigenvalue weighted by molar-refractivity contribution is 7.92. The number of ether oxygens (including phenoxy) is 1. The molecule has 0 bridgehead atoms. The Kier molecular flexibility index (Phi) is 7.35. The molecule has 6 nitrogen and oxygen atoms in total. The molecule has 1 N–H and O–H groups in total. The predicted octanol–water partition coefficient (Wildman–Crippen LogP) is 4.35. The van der Waals surface area contributed by atoms with E-state index in [4.69, 9.17) is 27.9 Å². The van der Waals surface area contributed by atoms with E-state index < -0.39 is 22.0 Å². The van der Waals surface area contributed by atoms with Gasteiger partial charge < -0.3 is 10.1 Å². The zero-order valence-corrected chi connectivity index (χ0v) is 17.7. The lowest BCUT2D eigenvalue weighted by Crippen LogP contribution is -2.45. The van der Waals surface area contributed by atoms with E-state index in [1.54, 1.807) is 30.3 Å². The molecule has 0 heterocycles. The summed E-state index contributed by atoms with van der Waals surface area (Å²) in [6.07, 6.45) is 2.61. The number of anilines is 2. The van der Waals surface area contributed by atoms with Crippen molar-refractivity contribution in [2.45, 2.75) is 13.0 Å². The fraction of sp³-hybridized carbons (Fsp3) is 0.211. The summed E-state index contributed by atoms with van der Waals surface area (Å²) in [4.78, 5) is 12.7. The molecule has 2 aromatic carbocycles. The van der Waals surface area contributed by atoms with Crippen LogP contribution in [0, 0.1) is 0 Å². The van der Waals surface area contributed by atoms with Gasteiger partial charge in [-0.2, -0.15) is 0 Å². The Hall–Kier alpha value is -2.22. The minimum Gasteiger partial charge on any atom is -0.489 e. The first kappa shape index (κ1) is 22.1. The molecule has 0 fully saturated rings. The van der Waals surface area contributed by atoms with Gasteiger partial charge in [-0.05, 0) is 37.3 Å². The van der Waals surface area contributed by atoms with Gasteiger partial charge in [-0.15, -0.1) is 0 Å². The van der Waals surface area contributed by atoms with Gasteiger partial charge >= 0.3 is 0 Å². The fourth-order valence-electron chi connectivity index (χ4n) is 2.54. The maximum atomic E-state index is 12.7. The summed E-state index contributed by atoms with van der Waals surface area (Å²) in [5, 5.41) is 3.21. The molecule has 0 unspecified atom stereocenters. The highest BCUT2D eigenvalue weighted by Gasteiger charge is 2.29. The van der Waals surface area contributed by atoms with Crippen LogP contribution in [0.2, 0.25) is 10.0 Å². The zero-order chi connectivity index (χ0) is 20.9. The van der Waals surface area contributed by atoms with Crippen molar-refractivity contribution in [2.75, 3.05) is 22.5 Å². The fourth-order valence-corrected chi connectivity index (χ4v) is 4.21. The average Bonchev–Trinajstić information content (AvgIpc) is 2.58. The van der Waals surface area contributed by atoms with Gasteiger partial charge in [-0.3, -0.25) is 9.10 Å². The normalized spacial score (nSPS) is 12.1. The van der Waals surface area contributed by atoms with Gasteiger partial charge in [0.25, 0.3) is 0 Å².